The van der Waals surface area contributed by atoms with E-state index in [0.717, 1.165) is 5.56 Å². The molecule has 0 radical (unpaired) electrons. The molecule has 4 rings (SSSR count). The van der Waals surface area contributed by atoms with Crippen molar-refractivity contribution in [1.82, 2.24) is 0 Å². The van der Waals surface area contributed by atoms with E-state index < -0.39 is 23.3 Å². The fourth-order valence-corrected chi connectivity index (χ4v) is 4.81. The number of allylic oxidation sites excluding steroid dienone is 1. The van der Waals surface area contributed by atoms with Crippen LogP contribution in [0.5, 0.6) is 0 Å². The van der Waals surface area contributed by atoms with Gasteiger partial charge in [0, 0.05) is 22.8 Å². The molecule has 2 aromatic carbocycles. The van der Waals surface area contributed by atoms with E-state index in [0.29, 0.717) is 15.7 Å². The maximum Gasteiger partial charge on any atom is 0.341 e. The van der Waals surface area contributed by atoms with Crippen LogP contribution in [0.15, 0.2) is 75.8 Å². The number of carbonyl (C=O) groups excluding carboxylic acids is 3. The largest absolute Gasteiger partial charge is 0.462 e. The first-order valence-corrected chi connectivity index (χ1v) is 11.4. The molecule has 0 bridgehead atoms. The number of halogens is 1. The first-order valence-electron chi connectivity index (χ1n) is 10.6. The number of esters is 2. The fourth-order valence-electron chi connectivity index (χ4n) is 4.45. The van der Waals surface area contributed by atoms with Gasteiger partial charge < -0.3 is 24.8 Å². The number of carbonyl (C=O) groups is 3. The van der Waals surface area contributed by atoms with Crippen LogP contribution in [-0.2, 0) is 40.6 Å². The van der Waals surface area contributed by atoms with Crippen LogP contribution < -0.4 is 10.6 Å². The number of hydrogen-bond acceptors (Lipinski definition) is 7. The van der Waals surface area contributed by atoms with Crippen LogP contribution in [0.25, 0.3) is 0 Å². The maximum absolute atomic E-state index is 14.0. The highest BCUT2D eigenvalue weighted by molar-refractivity contribution is 9.10. The third kappa shape index (κ3) is 3.56. The van der Waals surface area contributed by atoms with Crippen LogP contribution in [0.3, 0.4) is 0 Å². The molecule has 1 spiro atoms. The van der Waals surface area contributed by atoms with Crippen molar-refractivity contribution in [1.29, 1.82) is 0 Å². The Hall–Kier alpha value is -3.59. The maximum atomic E-state index is 14.0. The standard InChI is InChI=1S/C25H23BrN2O6/c1-4-32-23(30)20-21(27)34-14(2)19(22(29)33-13-15-8-6-5-7-9-15)25(20)17-12-16(26)10-11-18(17)28(3)24(25)31/h5-12H,4,13,27H2,1-3H3. The number of fused-ring (bicyclic) bond motifs is 2. The summed E-state index contributed by atoms with van der Waals surface area (Å²) in [7, 11) is 1.57. The van der Waals surface area contributed by atoms with Crippen molar-refractivity contribution in [2.45, 2.75) is 25.9 Å². The molecule has 0 saturated carbocycles. The lowest BCUT2D eigenvalue weighted by Gasteiger charge is -2.36. The topological polar surface area (TPSA) is 108 Å². The van der Waals surface area contributed by atoms with E-state index in [1.54, 1.807) is 32.2 Å². The van der Waals surface area contributed by atoms with Crippen LogP contribution in [-0.4, -0.2) is 31.5 Å². The van der Waals surface area contributed by atoms with Gasteiger partial charge in [0.05, 0.1) is 6.61 Å². The first kappa shape index (κ1) is 23.6. The Labute approximate surface area is 205 Å². The Morgan fingerprint density at radius 3 is 2.44 bits per heavy atom. The number of rotatable bonds is 5. The predicted molar refractivity (Wildman–Crippen MR) is 127 cm³/mol. The molecule has 0 aliphatic carbocycles. The van der Waals surface area contributed by atoms with Crippen molar-refractivity contribution in [2.75, 3.05) is 18.6 Å². The summed E-state index contributed by atoms with van der Waals surface area (Å²) in [5, 5.41) is 0. The Morgan fingerprint density at radius 2 is 1.76 bits per heavy atom. The molecule has 0 fully saturated rings. The SMILES string of the molecule is CCOC(=O)C1=C(N)OC(C)=C(C(=O)OCc2ccccc2)C12C(=O)N(C)c1ccc(Br)cc12. The Bertz CT molecular complexity index is 1250. The minimum Gasteiger partial charge on any atom is -0.462 e. The number of nitrogens with zero attached hydrogens (tertiary/aromatic N) is 1. The quantitative estimate of drug-likeness (QED) is 0.594. The molecule has 1 unspecified atom stereocenters. The van der Waals surface area contributed by atoms with Gasteiger partial charge in [-0.25, -0.2) is 9.59 Å². The van der Waals surface area contributed by atoms with Crippen molar-refractivity contribution < 1.29 is 28.6 Å². The second kappa shape index (κ2) is 8.98. The smallest absolute Gasteiger partial charge is 0.341 e. The number of nitrogens with two attached hydrogens (primary N) is 1. The number of likely N-dealkylation sites (N-methyl/N-ethyl adjacent to an activating group) is 1. The van der Waals surface area contributed by atoms with Crippen LogP contribution in [0.2, 0.25) is 0 Å². The number of hydrogen-bond donors (Lipinski definition) is 1. The zero-order chi connectivity index (χ0) is 24.6. The van der Waals surface area contributed by atoms with Crippen molar-refractivity contribution in [2.24, 2.45) is 5.73 Å². The molecule has 2 N–H and O–H groups in total. The zero-order valence-corrected chi connectivity index (χ0v) is 20.5. The van der Waals surface area contributed by atoms with Gasteiger partial charge in [0.1, 0.15) is 28.9 Å². The van der Waals surface area contributed by atoms with Crippen molar-refractivity contribution >= 4 is 39.5 Å². The molecule has 0 saturated heterocycles. The minimum absolute atomic E-state index is 0.0319. The molecule has 8 nitrogen and oxygen atoms in total. The summed E-state index contributed by atoms with van der Waals surface area (Å²) in [4.78, 5) is 42.1. The second-order valence-electron chi connectivity index (χ2n) is 7.83. The van der Waals surface area contributed by atoms with Gasteiger partial charge in [0.15, 0.2) is 0 Å². The zero-order valence-electron chi connectivity index (χ0n) is 18.9. The third-order valence-corrected chi connectivity index (χ3v) is 6.35. The van der Waals surface area contributed by atoms with Gasteiger partial charge in [0.25, 0.3) is 0 Å². The number of amides is 1. The summed E-state index contributed by atoms with van der Waals surface area (Å²) in [5.74, 6) is -2.43. The van der Waals surface area contributed by atoms with Gasteiger partial charge >= 0.3 is 11.9 Å². The molecule has 0 aromatic heterocycles. The Morgan fingerprint density at radius 1 is 1.09 bits per heavy atom. The van der Waals surface area contributed by atoms with Gasteiger partial charge in [-0.3, -0.25) is 4.79 Å². The van der Waals surface area contributed by atoms with Crippen molar-refractivity contribution in [3.8, 4) is 0 Å². The summed E-state index contributed by atoms with van der Waals surface area (Å²) in [6, 6.07) is 14.3. The van der Waals surface area contributed by atoms with E-state index >= 15 is 0 Å². The number of ether oxygens (including phenoxy) is 3. The van der Waals surface area contributed by atoms with E-state index in [-0.39, 0.29) is 36.0 Å². The molecule has 2 aliphatic rings. The highest BCUT2D eigenvalue weighted by Crippen LogP contribution is 2.54. The molecule has 2 aliphatic heterocycles. The number of benzene rings is 2. The third-order valence-electron chi connectivity index (χ3n) is 5.86. The monoisotopic (exact) mass is 526 g/mol. The summed E-state index contributed by atoms with van der Waals surface area (Å²) < 4.78 is 17.1. The van der Waals surface area contributed by atoms with Crippen LogP contribution >= 0.6 is 15.9 Å². The molecular weight excluding hydrogens is 504 g/mol. The van der Waals surface area contributed by atoms with E-state index in [2.05, 4.69) is 15.9 Å². The molecular formula is C25H23BrN2O6. The van der Waals surface area contributed by atoms with Crippen LogP contribution in [0.1, 0.15) is 25.0 Å². The summed E-state index contributed by atoms with van der Waals surface area (Å²) >= 11 is 3.43. The lowest BCUT2D eigenvalue weighted by atomic mass is 9.67. The summed E-state index contributed by atoms with van der Waals surface area (Å²) in [5.41, 5.74) is 5.60. The normalized spacial score (nSPS) is 19.3. The summed E-state index contributed by atoms with van der Waals surface area (Å²) in [6.45, 7) is 3.15. The summed E-state index contributed by atoms with van der Waals surface area (Å²) in [6.07, 6.45) is 0. The molecule has 2 aromatic rings. The Kier molecular flexibility index (Phi) is 6.22. The van der Waals surface area contributed by atoms with Crippen LogP contribution in [0, 0.1) is 0 Å². The molecule has 2 heterocycles. The van der Waals surface area contributed by atoms with Gasteiger partial charge in [-0.2, -0.15) is 0 Å². The van der Waals surface area contributed by atoms with Gasteiger partial charge in [-0.05, 0) is 37.6 Å². The highest BCUT2D eigenvalue weighted by atomic mass is 79.9. The van der Waals surface area contributed by atoms with Crippen molar-refractivity contribution in [3.63, 3.8) is 0 Å². The van der Waals surface area contributed by atoms with E-state index in [4.69, 9.17) is 19.9 Å². The van der Waals surface area contributed by atoms with Crippen LogP contribution in [0.4, 0.5) is 5.69 Å². The second-order valence-corrected chi connectivity index (χ2v) is 8.75. The molecule has 176 valence electrons. The Balaban J connectivity index is 1.93. The first-order chi connectivity index (χ1) is 16.2. The average Bonchev–Trinajstić information content (AvgIpc) is 3.00. The lowest BCUT2D eigenvalue weighted by Crippen LogP contribution is -2.50. The molecule has 9 heteroatoms. The van der Waals surface area contributed by atoms with E-state index in [9.17, 15) is 14.4 Å². The average molecular weight is 527 g/mol. The fraction of sp³-hybridized carbons (Fsp3) is 0.240. The minimum atomic E-state index is -1.89. The number of anilines is 1. The van der Waals surface area contributed by atoms with E-state index in [1.807, 2.05) is 30.3 Å². The predicted octanol–water partition coefficient (Wildman–Crippen LogP) is 3.44. The molecule has 34 heavy (non-hydrogen) atoms. The molecule has 1 atom stereocenters. The van der Waals surface area contributed by atoms with E-state index in [1.165, 1.54) is 11.8 Å². The van der Waals surface area contributed by atoms with Gasteiger partial charge in [-0.1, -0.05) is 46.3 Å². The van der Waals surface area contributed by atoms with Gasteiger partial charge in [-0.15, -0.1) is 0 Å². The van der Waals surface area contributed by atoms with Gasteiger partial charge in [0.2, 0.25) is 11.8 Å². The lowest BCUT2D eigenvalue weighted by molar-refractivity contribution is -0.144. The molecule has 1 amide bonds. The van der Waals surface area contributed by atoms with Crippen molar-refractivity contribution in [3.05, 3.63) is 86.9 Å². The highest BCUT2D eigenvalue weighted by Gasteiger charge is 2.63.